The number of aliphatic carboxylic acids is 1. The smallest absolute Gasteiger partial charge is 0.311 e. The van der Waals surface area contributed by atoms with Gasteiger partial charge in [0.1, 0.15) is 5.82 Å². The Kier molecular flexibility index (Phi) is 3.85. The van der Waals surface area contributed by atoms with Crippen molar-refractivity contribution in [2.24, 2.45) is 0 Å². The third-order valence-corrected chi connectivity index (χ3v) is 3.21. The molecule has 2 nitrogen and oxygen atoms in total. The maximum atomic E-state index is 13.5. The average Bonchev–Trinajstić information content (AvgIpc) is 2.14. The van der Waals surface area contributed by atoms with Gasteiger partial charge in [0, 0.05) is 10.0 Å². The number of carbonyl (C=O) groups is 1. The van der Waals surface area contributed by atoms with Crippen LogP contribution in [0.15, 0.2) is 16.6 Å². The number of benzene rings is 1. The van der Waals surface area contributed by atoms with Crippen molar-refractivity contribution in [3.63, 3.8) is 0 Å². The van der Waals surface area contributed by atoms with Gasteiger partial charge in [-0.3, -0.25) is 4.79 Å². The summed E-state index contributed by atoms with van der Waals surface area (Å²) in [6.07, 6.45) is 0.382. The predicted octanol–water partition coefficient (Wildman–Crippen LogP) is 3.47. The van der Waals surface area contributed by atoms with Crippen molar-refractivity contribution in [2.45, 2.75) is 26.2 Å². The van der Waals surface area contributed by atoms with E-state index in [1.165, 1.54) is 6.07 Å². The molecule has 0 amide bonds. The van der Waals surface area contributed by atoms with E-state index >= 15 is 0 Å². The molecule has 1 unspecified atom stereocenters. The summed E-state index contributed by atoms with van der Waals surface area (Å²) < 4.78 is 14.2. The third kappa shape index (κ3) is 2.56. The van der Waals surface area contributed by atoms with Gasteiger partial charge in [0.25, 0.3) is 0 Å². The molecule has 15 heavy (non-hydrogen) atoms. The van der Waals surface area contributed by atoms with Gasteiger partial charge in [0.2, 0.25) is 0 Å². The number of aryl methyl sites for hydroxylation is 1. The molecule has 0 saturated heterocycles. The first kappa shape index (κ1) is 12.2. The molecular formula is C11H12BrFO2. The quantitative estimate of drug-likeness (QED) is 0.917. The molecule has 82 valence electrons. The van der Waals surface area contributed by atoms with Crippen molar-refractivity contribution in [3.05, 3.63) is 33.5 Å². The van der Waals surface area contributed by atoms with Crippen LogP contribution in [-0.2, 0) is 4.79 Å². The first-order valence-electron chi connectivity index (χ1n) is 4.65. The van der Waals surface area contributed by atoms with Crippen LogP contribution in [-0.4, -0.2) is 11.1 Å². The minimum absolute atomic E-state index is 0.255. The van der Waals surface area contributed by atoms with E-state index in [-0.39, 0.29) is 5.56 Å². The Hall–Kier alpha value is -0.900. The van der Waals surface area contributed by atoms with E-state index in [0.717, 1.165) is 5.56 Å². The highest BCUT2D eigenvalue weighted by Gasteiger charge is 2.21. The summed E-state index contributed by atoms with van der Waals surface area (Å²) in [6, 6.07) is 2.90. The fourth-order valence-electron chi connectivity index (χ4n) is 1.47. The summed E-state index contributed by atoms with van der Waals surface area (Å²) in [5, 5.41) is 8.93. The second-order valence-corrected chi connectivity index (χ2v) is 4.28. The summed E-state index contributed by atoms with van der Waals surface area (Å²) in [4.78, 5) is 10.9. The first-order chi connectivity index (χ1) is 6.97. The SMILES string of the molecule is CCC(C(=O)O)c1cc(C)c(Br)cc1F. The van der Waals surface area contributed by atoms with E-state index in [4.69, 9.17) is 5.11 Å². The molecule has 0 heterocycles. The number of carboxylic acids is 1. The van der Waals surface area contributed by atoms with E-state index in [1.807, 2.05) is 6.92 Å². The molecule has 0 radical (unpaired) electrons. The van der Waals surface area contributed by atoms with Crippen LogP contribution in [0.1, 0.15) is 30.4 Å². The lowest BCUT2D eigenvalue weighted by atomic mass is 9.95. The van der Waals surface area contributed by atoms with Crippen LogP contribution in [0.25, 0.3) is 0 Å². The molecule has 0 aliphatic rings. The molecule has 0 fully saturated rings. The molecular weight excluding hydrogens is 263 g/mol. The van der Waals surface area contributed by atoms with Crippen molar-refractivity contribution in [2.75, 3.05) is 0 Å². The van der Waals surface area contributed by atoms with Gasteiger partial charge in [-0.05, 0) is 25.0 Å². The zero-order valence-corrected chi connectivity index (χ0v) is 10.1. The number of carboxylic acid groups (broad SMARTS) is 1. The third-order valence-electron chi connectivity index (χ3n) is 2.36. The van der Waals surface area contributed by atoms with Crippen LogP contribution in [0.3, 0.4) is 0 Å². The Morgan fingerprint density at radius 2 is 2.20 bits per heavy atom. The summed E-state index contributed by atoms with van der Waals surface area (Å²) in [5.74, 6) is -2.23. The number of hydrogen-bond donors (Lipinski definition) is 1. The minimum atomic E-state index is -0.988. The van der Waals surface area contributed by atoms with Gasteiger partial charge >= 0.3 is 5.97 Å². The highest BCUT2D eigenvalue weighted by atomic mass is 79.9. The lowest BCUT2D eigenvalue weighted by Crippen LogP contribution is -2.12. The molecule has 0 spiro atoms. The monoisotopic (exact) mass is 274 g/mol. The summed E-state index contributed by atoms with van der Waals surface area (Å²) >= 11 is 3.20. The van der Waals surface area contributed by atoms with Crippen LogP contribution in [0.5, 0.6) is 0 Å². The van der Waals surface area contributed by atoms with Gasteiger partial charge in [-0.25, -0.2) is 4.39 Å². The summed E-state index contributed by atoms with van der Waals surface area (Å²) in [6.45, 7) is 3.54. The van der Waals surface area contributed by atoms with Crippen molar-refractivity contribution in [1.82, 2.24) is 0 Å². The lowest BCUT2D eigenvalue weighted by molar-refractivity contribution is -0.138. The molecule has 0 aromatic heterocycles. The molecule has 1 rings (SSSR count). The van der Waals surface area contributed by atoms with E-state index in [2.05, 4.69) is 15.9 Å². The van der Waals surface area contributed by atoms with Crippen molar-refractivity contribution in [3.8, 4) is 0 Å². The van der Waals surface area contributed by atoms with Gasteiger partial charge in [0.15, 0.2) is 0 Å². The Labute approximate surface area is 96.2 Å². The molecule has 4 heteroatoms. The molecule has 0 bridgehead atoms. The fraction of sp³-hybridized carbons (Fsp3) is 0.364. The van der Waals surface area contributed by atoms with E-state index in [0.29, 0.717) is 10.9 Å². The van der Waals surface area contributed by atoms with Crippen LogP contribution in [0.4, 0.5) is 4.39 Å². The molecule has 0 aliphatic heterocycles. The Bertz CT molecular complexity index is 390. The second kappa shape index (κ2) is 4.75. The van der Waals surface area contributed by atoms with Gasteiger partial charge in [0.05, 0.1) is 5.92 Å². The molecule has 1 atom stereocenters. The maximum Gasteiger partial charge on any atom is 0.311 e. The molecule has 0 aliphatic carbocycles. The fourth-order valence-corrected chi connectivity index (χ4v) is 1.79. The van der Waals surface area contributed by atoms with Crippen LogP contribution >= 0.6 is 15.9 Å². The number of halogens is 2. The average molecular weight is 275 g/mol. The molecule has 1 aromatic rings. The standard InChI is InChI=1S/C11H12BrFO2/c1-3-7(11(14)15)8-4-6(2)9(12)5-10(8)13/h4-5,7H,3H2,1-2H3,(H,14,15). The Morgan fingerprint density at radius 1 is 1.60 bits per heavy atom. The van der Waals surface area contributed by atoms with Gasteiger partial charge < -0.3 is 5.11 Å². The highest BCUT2D eigenvalue weighted by Crippen LogP contribution is 2.27. The van der Waals surface area contributed by atoms with E-state index < -0.39 is 17.7 Å². The zero-order chi connectivity index (χ0) is 11.6. The molecule has 0 saturated carbocycles. The van der Waals surface area contributed by atoms with E-state index in [9.17, 15) is 9.18 Å². The maximum absolute atomic E-state index is 13.5. The Balaban J connectivity index is 3.24. The van der Waals surface area contributed by atoms with E-state index in [1.54, 1.807) is 13.0 Å². The summed E-state index contributed by atoms with van der Waals surface area (Å²) in [5.41, 5.74) is 1.09. The normalized spacial score (nSPS) is 12.5. The van der Waals surface area contributed by atoms with Crippen LogP contribution in [0, 0.1) is 12.7 Å². The van der Waals surface area contributed by atoms with Gasteiger partial charge in [-0.1, -0.05) is 28.9 Å². The Morgan fingerprint density at radius 3 is 2.67 bits per heavy atom. The lowest BCUT2D eigenvalue weighted by Gasteiger charge is -2.12. The van der Waals surface area contributed by atoms with Crippen molar-refractivity contribution < 1.29 is 14.3 Å². The zero-order valence-electron chi connectivity index (χ0n) is 8.55. The molecule has 1 N–H and O–H groups in total. The molecule has 1 aromatic carbocycles. The highest BCUT2D eigenvalue weighted by molar-refractivity contribution is 9.10. The number of hydrogen-bond acceptors (Lipinski definition) is 1. The van der Waals surface area contributed by atoms with Crippen molar-refractivity contribution >= 4 is 21.9 Å². The summed E-state index contributed by atoms with van der Waals surface area (Å²) in [7, 11) is 0. The second-order valence-electron chi connectivity index (χ2n) is 3.42. The topological polar surface area (TPSA) is 37.3 Å². The predicted molar refractivity (Wildman–Crippen MR) is 59.5 cm³/mol. The number of rotatable bonds is 3. The van der Waals surface area contributed by atoms with Gasteiger partial charge in [-0.15, -0.1) is 0 Å². The van der Waals surface area contributed by atoms with Gasteiger partial charge in [-0.2, -0.15) is 0 Å². The largest absolute Gasteiger partial charge is 0.481 e. The van der Waals surface area contributed by atoms with Crippen molar-refractivity contribution in [1.29, 1.82) is 0 Å². The van der Waals surface area contributed by atoms with Crippen LogP contribution < -0.4 is 0 Å². The first-order valence-corrected chi connectivity index (χ1v) is 5.45. The van der Waals surface area contributed by atoms with Crippen LogP contribution in [0.2, 0.25) is 0 Å². The minimum Gasteiger partial charge on any atom is -0.481 e.